The Morgan fingerprint density at radius 1 is 1.25 bits per heavy atom. The number of pyridine rings is 1. The van der Waals surface area contributed by atoms with Crippen LogP contribution in [-0.4, -0.2) is 42.0 Å². The van der Waals surface area contributed by atoms with Gasteiger partial charge in [-0.05, 0) is 30.2 Å². The number of amides is 1. The smallest absolute Gasteiger partial charge is 0.223 e. The number of para-hydroxylation sites is 1. The van der Waals surface area contributed by atoms with Crippen molar-refractivity contribution in [1.82, 2.24) is 15.2 Å². The lowest BCUT2D eigenvalue weighted by Crippen LogP contribution is -2.48. The fraction of sp³-hybridized carbons (Fsp3) is 0.368. The molecule has 1 amide bonds. The summed E-state index contributed by atoms with van der Waals surface area (Å²) in [6, 6.07) is 13.7. The van der Waals surface area contributed by atoms with E-state index in [-0.39, 0.29) is 11.9 Å². The molecular weight excluding hydrogens is 302 g/mol. The van der Waals surface area contributed by atoms with E-state index < -0.39 is 0 Å². The van der Waals surface area contributed by atoms with Crippen LogP contribution in [0.1, 0.15) is 24.4 Å². The maximum Gasteiger partial charge on any atom is 0.223 e. The monoisotopic (exact) mass is 325 g/mol. The number of hydrogen-bond donors (Lipinski definition) is 1. The van der Waals surface area contributed by atoms with Crippen LogP contribution in [0.25, 0.3) is 0 Å². The van der Waals surface area contributed by atoms with Gasteiger partial charge in [0.1, 0.15) is 5.75 Å². The maximum atomic E-state index is 12.6. The Morgan fingerprint density at radius 3 is 2.92 bits per heavy atom. The van der Waals surface area contributed by atoms with E-state index >= 15 is 0 Å². The van der Waals surface area contributed by atoms with Crippen molar-refractivity contribution in [3.8, 4) is 5.75 Å². The molecule has 1 saturated heterocycles. The van der Waals surface area contributed by atoms with Crippen LogP contribution >= 0.6 is 0 Å². The summed E-state index contributed by atoms with van der Waals surface area (Å²) in [5.41, 5.74) is 1.08. The van der Waals surface area contributed by atoms with Crippen molar-refractivity contribution in [3.63, 3.8) is 0 Å². The van der Waals surface area contributed by atoms with Crippen molar-refractivity contribution >= 4 is 5.91 Å². The molecule has 126 valence electrons. The first-order valence-electron chi connectivity index (χ1n) is 8.42. The molecule has 1 atom stereocenters. The number of carbonyl (C=O) groups excluding carboxylic acids is 1. The van der Waals surface area contributed by atoms with Gasteiger partial charge in [-0.1, -0.05) is 24.3 Å². The van der Waals surface area contributed by atoms with Crippen LogP contribution in [-0.2, 0) is 4.79 Å². The zero-order valence-corrected chi connectivity index (χ0v) is 13.7. The third-order valence-corrected chi connectivity index (χ3v) is 4.18. The molecule has 2 aromatic rings. The third kappa shape index (κ3) is 4.32. The first-order chi connectivity index (χ1) is 11.8. The Balaban J connectivity index is 1.51. The van der Waals surface area contributed by atoms with Gasteiger partial charge in [-0.15, -0.1) is 0 Å². The van der Waals surface area contributed by atoms with E-state index in [1.54, 1.807) is 6.20 Å². The number of rotatable bonds is 6. The highest BCUT2D eigenvalue weighted by atomic mass is 16.5. The van der Waals surface area contributed by atoms with Crippen molar-refractivity contribution in [3.05, 3.63) is 60.4 Å². The van der Waals surface area contributed by atoms with E-state index in [2.05, 4.69) is 10.3 Å². The highest BCUT2D eigenvalue weighted by Crippen LogP contribution is 2.22. The van der Waals surface area contributed by atoms with Crippen LogP contribution in [0.5, 0.6) is 5.75 Å². The van der Waals surface area contributed by atoms with Gasteiger partial charge in [0.25, 0.3) is 0 Å². The zero-order valence-electron chi connectivity index (χ0n) is 13.7. The van der Waals surface area contributed by atoms with E-state index in [1.165, 1.54) is 0 Å². The van der Waals surface area contributed by atoms with Gasteiger partial charge >= 0.3 is 0 Å². The maximum absolute atomic E-state index is 12.6. The molecule has 0 radical (unpaired) electrons. The molecular formula is C19H23N3O2. The third-order valence-electron chi connectivity index (χ3n) is 4.18. The SMILES string of the molecule is O=C(CCCOc1ccccc1)N1CCNCC1c1cccnc1. The van der Waals surface area contributed by atoms with E-state index in [9.17, 15) is 4.79 Å². The second-order valence-electron chi connectivity index (χ2n) is 5.86. The quantitative estimate of drug-likeness (QED) is 0.829. The highest BCUT2D eigenvalue weighted by Gasteiger charge is 2.27. The molecule has 1 fully saturated rings. The van der Waals surface area contributed by atoms with Gasteiger partial charge in [0, 0.05) is 38.4 Å². The van der Waals surface area contributed by atoms with E-state index in [0.29, 0.717) is 13.0 Å². The molecule has 1 aromatic heterocycles. The average Bonchev–Trinajstić information content (AvgIpc) is 2.66. The molecule has 0 bridgehead atoms. The lowest BCUT2D eigenvalue weighted by atomic mass is 10.0. The Morgan fingerprint density at radius 2 is 2.12 bits per heavy atom. The first kappa shape index (κ1) is 16.5. The van der Waals surface area contributed by atoms with Gasteiger partial charge in [-0.25, -0.2) is 0 Å². The lowest BCUT2D eigenvalue weighted by molar-refractivity contribution is -0.134. The van der Waals surface area contributed by atoms with E-state index in [4.69, 9.17) is 4.74 Å². The summed E-state index contributed by atoms with van der Waals surface area (Å²) in [6.45, 7) is 2.90. The number of carbonyl (C=O) groups is 1. The predicted octanol–water partition coefficient (Wildman–Crippen LogP) is 2.41. The normalized spacial score (nSPS) is 17.5. The average molecular weight is 325 g/mol. The Bertz CT molecular complexity index is 634. The number of nitrogens with one attached hydrogen (secondary N) is 1. The van der Waals surface area contributed by atoms with Crippen molar-refractivity contribution in [1.29, 1.82) is 0 Å². The first-order valence-corrected chi connectivity index (χ1v) is 8.42. The number of ether oxygens (including phenoxy) is 1. The second-order valence-corrected chi connectivity index (χ2v) is 5.86. The topological polar surface area (TPSA) is 54.5 Å². The Kier molecular flexibility index (Phi) is 5.80. The van der Waals surface area contributed by atoms with Crippen LogP contribution < -0.4 is 10.1 Å². The van der Waals surface area contributed by atoms with Crippen molar-refractivity contribution in [2.45, 2.75) is 18.9 Å². The zero-order chi connectivity index (χ0) is 16.6. The van der Waals surface area contributed by atoms with Crippen LogP contribution in [0, 0.1) is 0 Å². The minimum Gasteiger partial charge on any atom is -0.494 e. The molecule has 1 unspecified atom stereocenters. The largest absolute Gasteiger partial charge is 0.494 e. The Labute approximate surface area is 142 Å². The van der Waals surface area contributed by atoms with Gasteiger partial charge in [0.2, 0.25) is 5.91 Å². The number of nitrogens with zero attached hydrogens (tertiary/aromatic N) is 2. The van der Waals surface area contributed by atoms with Crippen LogP contribution in [0.3, 0.4) is 0 Å². The van der Waals surface area contributed by atoms with E-state index in [1.807, 2.05) is 53.6 Å². The van der Waals surface area contributed by atoms with Crippen molar-refractivity contribution in [2.24, 2.45) is 0 Å². The molecule has 2 heterocycles. The standard InChI is InChI=1S/C19H23N3O2/c23-19(9-5-13-24-17-7-2-1-3-8-17)22-12-11-21-15-18(22)16-6-4-10-20-14-16/h1-4,6-8,10,14,18,21H,5,9,11-13,15H2. The molecule has 5 nitrogen and oxygen atoms in total. The molecule has 0 spiro atoms. The highest BCUT2D eigenvalue weighted by molar-refractivity contribution is 5.76. The molecule has 0 aliphatic carbocycles. The van der Waals surface area contributed by atoms with E-state index in [0.717, 1.165) is 37.4 Å². The summed E-state index contributed by atoms with van der Waals surface area (Å²) >= 11 is 0. The summed E-state index contributed by atoms with van der Waals surface area (Å²) in [6.07, 6.45) is 4.82. The molecule has 24 heavy (non-hydrogen) atoms. The summed E-state index contributed by atoms with van der Waals surface area (Å²) < 4.78 is 5.66. The Hall–Kier alpha value is -2.40. The van der Waals surface area contributed by atoms with Crippen molar-refractivity contribution < 1.29 is 9.53 Å². The van der Waals surface area contributed by atoms with Crippen LogP contribution in [0.2, 0.25) is 0 Å². The number of hydrogen-bond acceptors (Lipinski definition) is 4. The van der Waals surface area contributed by atoms with Gasteiger partial charge in [0.05, 0.1) is 12.6 Å². The lowest BCUT2D eigenvalue weighted by Gasteiger charge is -2.36. The number of piperazine rings is 1. The summed E-state index contributed by atoms with van der Waals surface area (Å²) in [5.74, 6) is 1.03. The number of benzene rings is 1. The van der Waals surface area contributed by atoms with Crippen molar-refractivity contribution in [2.75, 3.05) is 26.2 Å². The molecule has 0 saturated carbocycles. The fourth-order valence-electron chi connectivity index (χ4n) is 2.95. The molecule has 5 heteroatoms. The molecule has 1 N–H and O–H groups in total. The van der Waals surface area contributed by atoms with Gasteiger partial charge in [-0.3, -0.25) is 9.78 Å². The molecule has 3 rings (SSSR count). The summed E-state index contributed by atoms with van der Waals surface area (Å²) in [7, 11) is 0. The van der Waals surface area contributed by atoms with Gasteiger partial charge in [-0.2, -0.15) is 0 Å². The minimum atomic E-state index is 0.0648. The minimum absolute atomic E-state index is 0.0648. The predicted molar refractivity (Wildman–Crippen MR) is 92.7 cm³/mol. The van der Waals surface area contributed by atoms with Crippen LogP contribution in [0.15, 0.2) is 54.9 Å². The van der Waals surface area contributed by atoms with Crippen LogP contribution in [0.4, 0.5) is 0 Å². The second kappa shape index (κ2) is 8.45. The molecule has 1 aliphatic rings. The summed E-state index contributed by atoms with van der Waals surface area (Å²) in [4.78, 5) is 18.8. The number of aromatic nitrogens is 1. The summed E-state index contributed by atoms with van der Waals surface area (Å²) in [5, 5.41) is 3.36. The van der Waals surface area contributed by atoms with Gasteiger partial charge in [0.15, 0.2) is 0 Å². The molecule has 1 aliphatic heterocycles. The molecule has 1 aromatic carbocycles. The fourth-order valence-corrected chi connectivity index (χ4v) is 2.95. The van der Waals surface area contributed by atoms with Gasteiger partial charge < -0.3 is 15.0 Å².